The molecule has 2 heterocycles. The van der Waals surface area contributed by atoms with E-state index >= 15 is 0 Å². The maximum absolute atomic E-state index is 12.7. The van der Waals surface area contributed by atoms with Gasteiger partial charge in [0.2, 0.25) is 5.91 Å². The highest BCUT2D eigenvalue weighted by Crippen LogP contribution is 2.30. The molecular weight excluding hydrogens is 346 g/mol. The lowest BCUT2D eigenvalue weighted by Gasteiger charge is -2.21. The molecule has 1 aromatic carbocycles. The van der Waals surface area contributed by atoms with Gasteiger partial charge in [-0.3, -0.25) is 9.59 Å². The number of amides is 2. The maximum Gasteiger partial charge on any atom is 0.253 e. The van der Waals surface area contributed by atoms with Crippen LogP contribution in [0.25, 0.3) is 10.4 Å². The van der Waals surface area contributed by atoms with Gasteiger partial charge in [-0.2, -0.15) is 0 Å². The van der Waals surface area contributed by atoms with Crippen molar-refractivity contribution in [3.8, 4) is 10.4 Å². The van der Waals surface area contributed by atoms with Crippen molar-refractivity contribution in [1.82, 2.24) is 14.8 Å². The molecule has 6 heteroatoms. The predicted molar refractivity (Wildman–Crippen MR) is 104 cm³/mol. The molecule has 26 heavy (non-hydrogen) atoms. The van der Waals surface area contributed by atoms with Crippen LogP contribution >= 0.6 is 11.3 Å². The zero-order valence-corrected chi connectivity index (χ0v) is 16.6. The monoisotopic (exact) mass is 371 g/mol. The van der Waals surface area contributed by atoms with E-state index in [1.54, 1.807) is 16.2 Å². The molecule has 0 saturated carbocycles. The van der Waals surface area contributed by atoms with E-state index in [0.29, 0.717) is 18.5 Å². The quantitative estimate of drug-likeness (QED) is 0.810. The van der Waals surface area contributed by atoms with Gasteiger partial charge in [0, 0.05) is 44.6 Å². The Hall–Kier alpha value is -2.21. The lowest BCUT2D eigenvalue weighted by atomic mass is 10.1. The zero-order chi connectivity index (χ0) is 18.8. The summed E-state index contributed by atoms with van der Waals surface area (Å²) in [5.41, 5.74) is 2.79. The molecule has 2 aromatic rings. The fraction of sp³-hybridized carbons (Fsp3) is 0.450. The van der Waals surface area contributed by atoms with Gasteiger partial charge in [0.05, 0.1) is 15.6 Å². The fourth-order valence-corrected chi connectivity index (χ4v) is 4.46. The van der Waals surface area contributed by atoms with Crippen LogP contribution in [-0.2, 0) is 4.79 Å². The summed E-state index contributed by atoms with van der Waals surface area (Å²) in [5.74, 6) is 0.410. The Kier molecular flexibility index (Phi) is 5.41. The third-order valence-electron chi connectivity index (χ3n) is 4.85. The number of nitrogens with zero attached hydrogens (tertiary/aromatic N) is 3. The number of carbonyl (C=O) groups is 2. The van der Waals surface area contributed by atoms with Gasteiger partial charge < -0.3 is 9.80 Å². The maximum atomic E-state index is 12.7. The second kappa shape index (κ2) is 7.58. The average molecular weight is 372 g/mol. The number of aromatic nitrogens is 1. The molecule has 2 amide bonds. The first-order valence-corrected chi connectivity index (χ1v) is 9.78. The first-order chi connectivity index (χ1) is 12.4. The molecule has 3 rings (SSSR count). The largest absolute Gasteiger partial charge is 0.343 e. The Morgan fingerprint density at radius 3 is 2.54 bits per heavy atom. The van der Waals surface area contributed by atoms with Gasteiger partial charge in [0.1, 0.15) is 0 Å². The molecule has 0 N–H and O–H groups in total. The van der Waals surface area contributed by atoms with Crippen molar-refractivity contribution < 1.29 is 9.59 Å². The minimum Gasteiger partial charge on any atom is -0.343 e. The van der Waals surface area contributed by atoms with Gasteiger partial charge >= 0.3 is 0 Å². The normalized spacial score (nSPS) is 17.0. The van der Waals surface area contributed by atoms with E-state index in [4.69, 9.17) is 0 Å². The third-order valence-corrected chi connectivity index (χ3v) is 5.97. The van der Waals surface area contributed by atoms with Crippen molar-refractivity contribution >= 4 is 23.2 Å². The number of hydrogen-bond acceptors (Lipinski definition) is 4. The molecule has 1 aliphatic heterocycles. The van der Waals surface area contributed by atoms with Crippen molar-refractivity contribution in [1.29, 1.82) is 0 Å². The predicted octanol–water partition coefficient (Wildman–Crippen LogP) is 3.37. The number of benzene rings is 1. The summed E-state index contributed by atoms with van der Waals surface area (Å²) in [6.07, 6.45) is 0.536. The zero-order valence-electron chi connectivity index (χ0n) is 15.8. The molecule has 0 radical (unpaired) electrons. The Balaban J connectivity index is 1.66. The van der Waals surface area contributed by atoms with Crippen molar-refractivity contribution in [2.45, 2.75) is 27.2 Å². The Labute approximate surface area is 158 Å². The second-order valence-electron chi connectivity index (χ2n) is 6.91. The van der Waals surface area contributed by atoms with E-state index in [1.807, 2.05) is 57.0 Å². The molecule has 1 unspecified atom stereocenters. The van der Waals surface area contributed by atoms with Crippen LogP contribution < -0.4 is 0 Å². The Morgan fingerprint density at radius 2 is 2.00 bits per heavy atom. The molecule has 0 aliphatic carbocycles. The van der Waals surface area contributed by atoms with Crippen LogP contribution in [0.5, 0.6) is 0 Å². The standard InChI is InChI=1S/C20H25N3O2S/c1-5-23-12-15(10-18(23)24)11-22(4)20(25)17-8-6-16(7-9-17)19-13(2)21-14(3)26-19/h6-9,15H,5,10-12H2,1-4H3. The summed E-state index contributed by atoms with van der Waals surface area (Å²) in [6, 6.07) is 7.72. The van der Waals surface area contributed by atoms with Gasteiger partial charge in [0.25, 0.3) is 5.91 Å². The number of rotatable bonds is 5. The van der Waals surface area contributed by atoms with E-state index in [2.05, 4.69) is 4.98 Å². The number of likely N-dealkylation sites (tertiary alicyclic amines) is 1. The average Bonchev–Trinajstić information content (AvgIpc) is 3.15. The number of thiazole rings is 1. The molecule has 138 valence electrons. The van der Waals surface area contributed by atoms with Gasteiger partial charge in [-0.15, -0.1) is 11.3 Å². The van der Waals surface area contributed by atoms with Gasteiger partial charge in [-0.25, -0.2) is 4.98 Å². The van der Waals surface area contributed by atoms with Crippen molar-refractivity contribution in [3.63, 3.8) is 0 Å². The van der Waals surface area contributed by atoms with Crippen LogP contribution in [0.15, 0.2) is 24.3 Å². The molecule has 1 aliphatic rings. The van der Waals surface area contributed by atoms with E-state index in [-0.39, 0.29) is 17.7 Å². The number of aryl methyl sites for hydroxylation is 2. The Morgan fingerprint density at radius 1 is 1.31 bits per heavy atom. The smallest absolute Gasteiger partial charge is 0.253 e. The molecule has 1 atom stereocenters. The lowest BCUT2D eigenvalue weighted by molar-refractivity contribution is -0.127. The summed E-state index contributed by atoms with van der Waals surface area (Å²) in [7, 11) is 1.81. The lowest BCUT2D eigenvalue weighted by Crippen LogP contribution is -2.33. The van der Waals surface area contributed by atoms with Crippen LogP contribution in [0, 0.1) is 19.8 Å². The molecule has 1 saturated heterocycles. The minimum absolute atomic E-state index is 0.00356. The molecule has 0 bridgehead atoms. The van der Waals surface area contributed by atoms with Crippen molar-refractivity contribution in [3.05, 3.63) is 40.5 Å². The van der Waals surface area contributed by atoms with Crippen LogP contribution in [-0.4, -0.2) is 53.3 Å². The van der Waals surface area contributed by atoms with Crippen LogP contribution in [0.3, 0.4) is 0 Å². The molecular formula is C20H25N3O2S. The first kappa shape index (κ1) is 18.6. The summed E-state index contributed by atoms with van der Waals surface area (Å²) in [4.78, 5) is 33.8. The third kappa shape index (κ3) is 3.80. The van der Waals surface area contributed by atoms with E-state index < -0.39 is 0 Å². The van der Waals surface area contributed by atoms with Crippen LogP contribution in [0.4, 0.5) is 0 Å². The summed E-state index contributed by atoms with van der Waals surface area (Å²) in [5, 5.41) is 1.05. The van der Waals surface area contributed by atoms with E-state index in [1.165, 1.54) is 0 Å². The van der Waals surface area contributed by atoms with Crippen LogP contribution in [0.1, 0.15) is 34.4 Å². The summed E-state index contributed by atoms with van der Waals surface area (Å²) < 4.78 is 0. The van der Waals surface area contributed by atoms with Gasteiger partial charge in [-0.05, 0) is 38.5 Å². The second-order valence-corrected chi connectivity index (χ2v) is 8.12. The van der Waals surface area contributed by atoms with Gasteiger partial charge in [0.15, 0.2) is 0 Å². The molecule has 1 aromatic heterocycles. The number of hydrogen-bond donors (Lipinski definition) is 0. The fourth-order valence-electron chi connectivity index (χ4n) is 3.54. The van der Waals surface area contributed by atoms with Crippen molar-refractivity contribution in [2.24, 2.45) is 5.92 Å². The Bertz CT molecular complexity index is 813. The topological polar surface area (TPSA) is 53.5 Å². The highest BCUT2D eigenvalue weighted by molar-refractivity contribution is 7.15. The first-order valence-electron chi connectivity index (χ1n) is 8.96. The van der Waals surface area contributed by atoms with E-state index in [0.717, 1.165) is 34.2 Å². The highest BCUT2D eigenvalue weighted by atomic mass is 32.1. The summed E-state index contributed by atoms with van der Waals surface area (Å²) >= 11 is 1.67. The molecule has 5 nitrogen and oxygen atoms in total. The van der Waals surface area contributed by atoms with Crippen LogP contribution in [0.2, 0.25) is 0 Å². The number of carbonyl (C=O) groups excluding carboxylic acids is 2. The molecule has 0 spiro atoms. The molecule has 1 fully saturated rings. The highest BCUT2D eigenvalue weighted by Gasteiger charge is 2.30. The minimum atomic E-state index is -0.00356. The van der Waals surface area contributed by atoms with Crippen molar-refractivity contribution in [2.75, 3.05) is 26.7 Å². The summed E-state index contributed by atoms with van der Waals surface area (Å²) in [6.45, 7) is 8.09. The van der Waals surface area contributed by atoms with E-state index in [9.17, 15) is 9.59 Å². The SMILES string of the molecule is CCN1CC(CN(C)C(=O)c2ccc(-c3sc(C)nc3C)cc2)CC1=O. The van der Waals surface area contributed by atoms with Gasteiger partial charge in [-0.1, -0.05) is 12.1 Å².